The van der Waals surface area contributed by atoms with E-state index in [4.69, 9.17) is 14.7 Å². The third kappa shape index (κ3) is 7.21. The van der Waals surface area contributed by atoms with Crippen molar-refractivity contribution in [3.63, 3.8) is 0 Å². The molecule has 7 nitrogen and oxygen atoms in total. The van der Waals surface area contributed by atoms with E-state index in [0.29, 0.717) is 13.0 Å². The Morgan fingerprint density at radius 3 is 2.60 bits per heavy atom. The molecule has 2 N–H and O–H groups in total. The summed E-state index contributed by atoms with van der Waals surface area (Å²) in [6, 6.07) is 16.9. The van der Waals surface area contributed by atoms with Crippen molar-refractivity contribution in [1.29, 1.82) is 0 Å². The first-order valence-electron chi connectivity index (χ1n) is 16.5. The van der Waals surface area contributed by atoms with Crippen molar-refractivity contribution < 1.29 is 19.7 Å². The summed E-state index contributed by atoms with van der Waals surface area (Å²) in [6.07, 6.45) is 10.7. The number of aliphatic hydroxyl groups excluding tert-OH is 1. The van der Waals surface area contributed by atoms with Gasteiger partial charge in [-0.3, -0.25) is 14.8 Å². The van der Waals surface area contributed by atoms with Gasteiger partial charge in [-0.2, -0.15) is 0 Å². The van der Waals surface area contributed by atoms with E-state index >= 15 is 0 Å². The number of carbonyl (C=O) groups is 1. The summed E-state index contributed by atoms with van der Waals surface area (Å²) in [4.78, 5) is 23.8. The second-order valence-corrected chi connectivity index (χ2v) is 13.0. The topological polar surface area (TPSA) is 95.8 Å². The van der Waals surface area contributed by atoms with Crippen molar-refractivity contribution in [2.45, 2.75) is 71.3 Å². The lowest BCUT2D eigenvalue weighted by Crippen LogP contribution is -2.28. The van der Waals surface area contributed by atoms with Gasteiger partial charge in [0, 0.05) is 43.8 Å². The van der Waals surface area contributed by atoms with E-state index in [0.717, 1.165) is 98.1 Å². The third-order valence-electron chi connectivity index (χ3n) is 9.96. The lowest BCUT2D eigenvalue weighted by atomic mass is 9.76. The summed E-state index contributed by atoms with van der Waals surface area (Å²) in [5.41, 5.74) is 8.88. The average molecular weight is 608 g/mol. The molecule has 1 aliphatic heterocycles. The molecule has 2 aromatic carbocycles. The maximum absolute atomic E-state index is 11.8. The predicted molar refractivity (Wildman–Crippen MR) is 178 cm³/mol. The summed E-state index contributed by atoms with van der Waals surface area (Å²) in [5.74, 6) is 0.156. The van der Waals surface area contributed by atoms with Crippen LogP contribution in [0, 0.1) is 25.7 Å². The Hall–Kier alpha value is -3.81. The molecule has 6 rings (SSSR count). The number of aliphatic hydroxyl groups is 1. The second-order valence-electron chi connectivity index (χ2n) is 13.0. The van der Waals surface area contributed by atoms with Crippen molar-refractivity contribution in [3.05, 3.63) is 88.9 Å². The minimum absolute atomic E-state index is 0.166. The molecule has 3 heterocycles. The Balaban J connectivity index is 1.17. The molecule has 1 aliphatic carbocycles. The first-order valence-corrected chi connectivity index (χ1v) is 16.5. The fourth-order valence-corrected chi connectivity index (χ4v) is 7.38. The van der Waals surface area contributed by atoms with Gasteiger partial charge < -0.3 is 19.8 Å². The highest BCUT2D eigenvalue weighted by Gasteiger charge is 2.31. The van der Waals surface area contributed by atoms with Gasteiger partial charge in [0.15, 0.2) is 0 Å². The number of aromatic nitrogens is 2. The normalized spacial score (nSPS) is 20.5. The van der Waals surface area contributed by atoms with Crippen molar-refractivity contribution >= 4 is 16.9 Å². The van der Waals surface area contributed by atoms with Crippen LogP contribution in [-0.4, -0.2) is 63.4 Å². The van der Waals surface area contributed by atoms with Crippen LogP contribution in [0.25, 0.3) is 22.0 Å². The zero-order valence-electron chi connectivity index (χ0n) is 26.5. The highest BCUT2D eigenvalue weighted by atomic mass is 16.5. The number of β-amino-alcohol motifs (C(OH)–C–C–N with tert-alkyl or cyclic N) is 1. The Morgan fingerprint density at radius 1 is 1.00 bits per heavy atom. The van der Waals surface area contributed by atoms with E-state index < -0.39 is 5.97 Å². The minimum Gasteiger partial charge on any atom is -0.493 e. The summed E-state index contributed by atoms with van der Waals surface area (Å²) >= 11 is 0. The lowest BCUT2D eigenvalue weighted by Gasteiger charge is -2.28. The van der Waals surface area contributed by atoms with E-state index in [9.17, 15) is 15.0 Å². The summed E-state index contributed by atoms with van der Waals surface area (Å²) in [5, 5.41) is 20.5. The lowest BCUT2D eigenvalue weighted by molar-refractivity contribution is -0.144. The molecule has 2 fully saturated rings. The minimum atomic E-state index is -0.665. The Kier molecular flexibility index (Phi) is 9.76. The van der Waals surface area contributed by atoms with Crippen LogP contribution in [0.5, 0.6) is 5.75 Å². The van der Waals surface area contributed by atoms with Crippen molar-refractivity contribution in [3.8, 4) is 16.9 Å². The van der Waals surface area contributed by atoms with Crippen LogP contribution in [-0.2, 0) is 17.6 Å². The first-order chi connectivity index (χ1) is 21.9. The van der Waals surface area contributed by atoms with E-state index in [1.165, 1.54) is 22.3 Å². The SMILES string of the molecule is Cc1c(Cc2nccc3cc(CC4CCCCC4C(=O)O)cnc23)cccc1-c1cccc(OCCCN2CCC(O)C2)c1C. The van der Waals surface area contributed by atoms with E-state index in [1.807, 2.05) is 24.5 Å². The molecule has 3 atom stereocenters. The van der Waals surface area contributed by atoms with Gasteiger partial charge in [-0.25, -0.2) is 0 Å². The summed E-state index contributed by atoms with van der Waals surface area (Å²) in [7, 11) is 0. The zero-order chi connectivity index (χ0) is 31.3. The van der Waals surface area contributed by atoms with E-state index in [2.05, 4.69) is 55.1 Å². The number of likely N-dealkylation sites (tertiary alicyclic amines) is 1. The quantitative estimate of drug-likeness (QED) is 0.182. The molecule has 0 bridgehead atoms. The number of fused-ring (bicyclic) bond motifs is 1. The molecule has 236 valence electrons. The van der Waals surface area contributed by atoms with Gasteiger partial charge in [0.05, 0.1) is 29.8 Å². The Morgan fingerprint density at radius 2 is 1.80 bits per heavy atom. The molecule has 1 saturated carbocycles. The van der Waals surface area contributed by atoms with E-state index in [-0.39, 0.29) is 17.9 Å². The van der Waals surface area contributed by atoms with Crippen LogP contribution in [0.1, 0.15) is 66.5 Å². The Labute approximate surface area is 266 Å². The number of pyridine rings is 2. The molecule has 2 aliphatic rings. The van der Waals surface area contributed by atoms with Crippen LogP contribution in [0.3, 0.4) is 0 Å². The average Bonchev–Trinajstić information content (AvgIpc) is 3.46. The smallest absolute Gasteiger partial charge is 0.306 e. The molecule has 45 heavy (non-hydrogen) atoms. The number of rotatable bonds is 11. The van der Waals surface area contributed by atoms with Crippen molar-refractivity contribution in [2.24, 2.45) is 11.8 Å². The number of carboxylic acid groups (broad SMARTS) is 1. The van der Waals surface area contributed by atoms with Gasteiger partial charge in [0.2, 0.25) is 0 Å². The molecule has 3 unspecified atom stereocenters. The number of aliphatic carboxylic acids is 1. The van der Waals surface area contributed by atoms with Crippen LogP contribution >= 0.6 is 0 Å². The molecule has 7 heteroatoms. The fraction of sp³-hybridized carbons (Fsp3) is 0.447. The third-order valence-corrected chi connectivity index (χ3v) is 9.96. The highest BCUT2D eigenvalue weighted by molar-refractivity contribution is 5.81. The van der Waals surface area contributed by atoms with Crippen LogP contribution in [0.15, 0.2) is 60.9 Å². The number of ether oxygens (including phenoxy) is 1. The van der Waals surface area contributed by atoms with Gasteiger partial charge in [-0.05, 0) is 103 Å². The Bertz CT molecular complexity index is 1650. The molecular weight excluding hydrogens is 562 g/mol. The molecule has 4 aromatic rings. The molecule has 2 aromatic heterocycles. The standard InChI is InChI=1S/C38H45N3O4/c1-25-28(9-5-11-32(25)33-12-6-13-36(26(33)2)45-19-7-17-41-18-15-31(42)24-41)22-35-37-30(14-16-39-35)21-27(23-40-37)20-29-8-3-4-10-34(29)38(43)44/h5-6,9,11-14,16,21,23,29,31,34,42H,3-4,7-8,10,15,17-20,22,24H2,1-2H3,(H,43,44). The number of benzene rings is 2. The summed E-state index contributed by atoms with van der Waals surface area (Å²) in [6.45, 7) is 7.64. The second kappa shape index (κ2) is 14.1. The first kappa shape index (κ1) is 31.2. The maximum atomic E-state index is 11.8. The van der Waals surface area contributed by atoms with Crippen molar-refractivity contribution in [2.75, 3.05) is 26.2 Å². The highest BCUT2D eigenvalue weighted by Crippen LogP contribution is 2.35. The zero-order valence-corrected chi connectivity index (χ0v) is 26.5. The van der Waals surface area contributed by atoms with Crippen LogP contribution in [0.2, 0.25) is 0 Å². The van der Waals surface area contributed by atoms with Gasteiger partial charge in [0.1, 0.15) is 5.75 Å². The fourth-order valence-electron chi connectivity index (χ4n) is 7.38. The van der Waals surface area contributed by atoms with Crippen LogP contribution in [0.4, 0.5) is 0 Å². The number of hydrogen-bond acceptors (Lipinski definition) is 6. The van der Waals surface area contributed by atoms with Crippen LogP contribution < -0.4 is 4.74 Å². The van der Waals surface area contributed by atoms with Gasteiger partial charge in [-0.15, -0.1) is 0 Å². The molecular formula is C38H45N3O4. The number of nitrogens with zero attached hydrogens (tertiary/aromatic N) is 3. The molecule has 0 amide bonds. The number of hydrogen-bond donors (Lipinski definition) is 2. The monoisotopic (exact) mass is 607 g/mol. The molecule has 0 spiro atoms. The van der Waals surface area contributed by atoms with E-state index in [1.54, 1.807) is 0 Å². The van der Waals surface area contributed by atoms with Gasteiger partial charge in [-0.1, -0.05) is 43.2 Å². The largest absolute Gasteiger partial charge is 0.493 e. The molecule has 1 saturated heterocycles. The number of carboxylic acids is 1. The van der Waals surface area contributed by atoms with Gasteiger partial charge in [0.25, 0.3) is 0 Å². The van der Waals surface area contributed by atoms with Crippen molar-refractivity contribution in [1.82, 2.24) is 14.9 Å². The maximum Gasteiger partial charge on any atom is 0.306 e. The molecule has 0 radical (unpaired) electrons. The summed E-state index contributed by atoms with van der Waals surface area (Å²) < 4.78 is 6.24. The van der Waals surface area contributed by atoms with Gasteiger partial charge >= 0.3 is 5.97 Å². The predicted octanol–water partition coefficient (Wildman–Crippen LogP) is 6.77.